The Morgan fingerprint density at radius 1 is 0.862 bits per heavy atom. The molecule has 0 aliphatic heterocycles. The van der Waals surface area contributed by atoms with Crippen molar-refractivity contribution >= 4 is 50.7 Å². The van der Waals surface area contributed by atoms with Gasteiger partial charge in [-0.25, -0.2) is 4.98 Å². The summed E-state index contributed by atoms with van der Waals surface area (Å²) >= 11 is 0. The molecule has 0 radical (unpaired) electrons. The summed E-state index contributed by atoms with van der Waals surface area (Å²) in [5, 5.41) is 0. The third-order valence-corrected chi connectivity index (χ3v) is 6.17. The van der Waals surface area contributed by atoms with Crippen LogP contribution in [-0.4, -0.2) is 52.5 Å². The summed E-state index contributed by atoms with van der Waals surface area (Å²) in [6, 6.07) is 4.46. The van der Waals surface area contributed by atoms with Crippen molar-refractivity contribution in [2.75, 3.05) is 0 Å². The van der Waals surface area contributed by atoms with Crippen LogP contribution in [0.15, 0.2) is 23.1 Å². The number of fused-ring (bicyclic) bond motifs is 1. The second kappa shape index (κ2) is 14.6. The van der Waals surface area contributed by atoms with Gasteiger partial charge in [-0.2, -0.15) is 8.42 Å². The minimum atomic E-state index is -4.18. The van der Waals surface area contributed by atoms with Gasteiger partial charge in [-0.3, -0.25) is 4.55 Å². The Kier molecular flexibility index (Phi) is 13.4. The second-order valence-electron chi connectivity index (χ2n) is 7.83. The summed E-state index contributed by atoms with van der Waals surface area (Å²) in [5.41, 5.74) is 1.39. The fraction of sp³-hybridized carbons (Fsp3) is 0.682. The van der Waals surface area contributed by atoms with Gasteiger partial charge in [0.05, 0.1) is 15.9 Å². The summed E-state index contributed by atoms with van der Waals surface area (Å²) in [6.45, 7) is 2.26. The van der Waals surface area contributed by atoms with Crippen molar-refractivity contribution < 1.29 is 13.0 Å². The molecule has 0 saturated heterocycles. The van der Waals surface area contributed by atoms with E-state index in [0.717, 1.165) is 24.2 Å². The number of aromatic amines is 1. The molecule has 0 spiro atoms. The van der Waals surface area contributed by atoms with Crippen LogP contribution in [0.2, 0.25) is 0 Å². The summed E-state index contributed by atoms with van der Waals surface area (Å²) < 4.78 is 31.5. The van der Waals surface area contributed by atoms with Gasteiger partial charge in [-0.15, -0.1) is 0 Å². The monoisotopic (exact) mass is 432 g/mol. The SMILES string of the molecule is CCCCCCCCCCCCCCCc1nc2cc(S(=O)(=O)O)ccc2[nH]1.[NaH]. The van der Waals surface area contributed by atoms with Crippen molar-refractivity contribution in [1.82, 2.24) is 9.97 Å². The van der Waals surface area contributed by atoms with E-state index in [2.05, 4.69) is 16.9 Å². The third kappa shape index (κ3) is 10.5. The van der Waals surface area contributed by atoms with Crippen LogP contribution in [-0.2, 0) is 16.5 Å². The molecule has 1 aromatic carbocycles. The maximum absolute atomic E-state index is 11.2. The Balaban J connectivity index is 0.00000420. The van der Waals surface area contributed by atoms with Crippen molar-refractivity contribution in [3.8, 4) is 0 Å². The molecule has 2 rings (SSSR count). The first kappa shape index (κ1) is 26.6. The molecule has 0 aliphatic rings. The molecule has 5 nitrogen and oxygen atoms in total. The van der Waals surface area contributed by atoms with Crippen LogP contribution in [0.5, 0.6) is 0 Å². The van der Waals surface area contributed by atoms with Crippen LogP contribution in [0.3, 0.4) is 0 Å². The van der Waals surface area contributed by atoms with E-state index in [-0.39, 0.29) is 34.5 Å². The van der Waals surface area contributed by atoms with Crippen LogP contribution in [0.25, 0.3) is 11.0 Å². The van der Waals surface area contributed by atoms with Crippen LogP contribution in [0, 0.1) is 0 Å². The number of unbranched alkanes of at least 4 members (excludes halogenated alkanes) is 12. The Labute approximate surface area is 198 Å². The number of aryl methyl sites for hydroxylation is 1. The number of nitrogens with zero attached hydrogens (tertiary/aromatic N) is 1. The number of imidazole rings is 1. The Hall–Kier alpha value is -0.400. The Morgan fingerprint density at radius 2 is 1.38 bits per heavy atom. The molecule has 29 heavy (non-hydrogen) atoms. The molecule has 1 aromatic heterocycles. The molecular weight excluding hydrogens is 395 g/mol. The van der Waals surface area contributed by atoms with Gasteiger partial charge in [0.1, 0.15) is 5.82 Å². The van der Waals surface area contributed by atoms with Gasteiger partial charge in [-0.05, 0) is 24.6 Å². The van der Waals surface area contributed by atoms with Crippen LogP contribution in [0.1, 0.15) is 96.2 Å². The zero-order valence-electron chi connectivity index (χ0n) is 17.3. The van der Waals surface area contributed by atoms with Crippen molar-refractivity contribution in [2.24, 2.45) is 0 Å². The van der Waals surface area contributed by atoms with Crippen molar-refractivity contribution in [3.05, 3.63) is 24.0 Å². The molecule has 0 atom stereocenters. The first-order valence-corrected chi connectivity index (χ1v) is 12.4. The van der Waals surface area contributed by atoms with E-state index < -0.39 is 10.1 Å². The molecule has 0 fully saturated rings. The van der Waals surface area contributed by atoms with E-state index in [1.807, 2.05) is 0 Å². The van der Waals surface area contributed by atoms with Crippen molar-refractivity contribution in [1.29, 1.82) is 0 Å². The van der Waals surface area contributed by atoms with E-state index in [1.54, 1.807) is 6.07 Å². The van der Waals surface area contributed by atoms with E-state index in [4.69, 9.17) is 4.55 Å². The second-order valence-corrected chi connectivity index (χ2v) is 9.25. The van der Waals surface area contributed by atoms with E-state index in [9.17, 15) is 8.42 Å². The number of H-pyrrole nitrogens is 1. The number of hydrogen-bond donors (Lipinski definition) is 2. The molecule has 0 aliphatic carbocycles. The van der Waals surface area contributed by atoms with E-state index >= 15 is 0 Å². The normalized spacial score (nSPS) is 11.7. The summed E-state index contributed by atoms with van der Waals surface area (Å²) in [7, 11) is -4.18. The quantitative estimate of drug-likeness (QED) is 0.212. The van der Waals surface area contributed by atoms with Crippen LogP contribution in [0.4, 0.5) is 0 Å². The first-order chi connectivity index (χ1) is 13.5. The van der Waals surface area contributed by atoms with Gasteiger partial charge in [0.15, 0.2) is 0 Å². The van der Waals surface area contributed by atoms with Gasteiger partial charge in [0, 0.05) is 6.42 Å². The molecule has 160 valence electrons. The minimum absolute atomic E-state index is 0. The predicted octanol–water partition coefficient (Wildman–Crippen LogP) is 5.79. The number of nitrogens with one attached hydrogen (secondary N) is 1. The number of rotatable bonds is 15. The third-order valence-electron chi connectivity index (χ3n) is 5.32. The van der Waals surface area contributed by atoms with E-state index in [1.165, 1.54) is 89.2 Å². The van der Waals surface area contributed by atoms with Gasteiger partial charge in [0.2, 0.25) is 0 Å². The van der Waals surface area contributed by atoms with Crippen molar-refractivity contribution in [2.45, 2.75) is 102 Å². The molecular formula is C22H37N2NaO3S. The Morgan fingerprint density at radius 3 is 1.90 bits per heavy atom. The number of benzene rings is 1. The fourth-order valence-electron chi connectivity index (χ4n) is 3.63. The maximum atomic E-state index is 11.2. The van der Waals surface area contributed by atoms with Gasteiger partial charge in [0.25, 0.3) is 10.1 Å². The molecule has 7 heteroatoms. The first-order valence-electron chi connectivity index (χ1n) is 11.0. The zero-order chi connectivity index (χ0) is 20.2. The fourth-order valence-corrected chi connectivity index (χ4v) is 4.13. The Bertz CT molecular complexity index is 805. The molecule has 0 amide bonds. The summed E-state index contributed by atoms with van der Waals surface area (Å²) in [4.78, 5) is 7.57. The summed E-state index contributed by atoms with van der Waals surface area (Å²) in [6.07, 6.45) is 18.2. The van der Waals surface area contributed by atoms with E-state index in [0.29, 0.717) is 5.52 Å². The topological polar surface area (TPSA) is 83.1 Å². The molecule has 2 N–H and O–H groups in total. The van der Waals surface area contributed by atoms with Crippen LogP contribution < -0.4 is 0 Å². The van der Waals surface area contributed by atoms with Crippen molar-refractivity contribution in [3.63, 3.8) is 0 Å². The van der Waals surface area contributed by atoms with Gasteiger partial charge >= 0.3 is 29.6 Å². The molecule has 0 saturated carbocycles. The molecule has 1 heterocycles. The van der Waals surface area contributed by atoms with Crippen LogP contribution >= 0.6 is 0 Å². The number of hydrogen-bond acceptors (Lipinski definition) is 3. The number of aromatic nitrogens is 2. The van der Waals surface area contributed by atoms with Gasteiger partial charge in [-0.1, -0.05) is 84.0 Å². The molecule has 0 unspecified atom stereocenters. The average molecular weight is 433 g/mol. The zero-order valence-corrected chi connectivity index (χ0v) is 18.1. The summed E-state index contributed by atoms with van der Waals surface area (Å²) in [5.74, 6) is 0.880. The standard InChI is InChI=1S/C22H36N2O3S.Na.H/c1-2-3-4-5-6-7-8-9-10-11-12-13-14-15-22-23-20-17-16-19(28(25,26)27)18-21(20)24-22;;/h16-18H,2-15H2,1H3,(H,23,24)(H,25,26,27);;. The average Bonchev–Trinajstić information content (AvgIpc) is 3.06. The molecule has 2 aromatic rings. The molecule has 0 bridgehead atoms. The van der Waals surface area contributed by atoms with Gasteiger partial charge < -0.3 is 4.98 Å². The predicted molar refractivity (Wildman–Crippen MR) is 122 cm³/mol.